The van der Waals surface area contributed by atoms with Crippen LogP contribution in [0, 0.1) is 0 Å². The highest BCUT2D eigenvalue weighted by Gasteiger charge is 2.43. The molecule has 1 heterocycles. The summed E-state index contributed by atoms with van der Waals surface area (Å²) in [5.41, 5.74) is -1.35. The van der Waals surface area contributed by atoms with E-state index in [0.717, 1.165) is 12.1 Å². The molecule has 0 radical (unpaired) electrons. The van der Waals surface area contributed by atoms with Crippen LogP contribution < -0.4 is 0 Å². The Hall–Kier alpha value is -1.76. The third-order valence-electron chi connectivity index (χ3n) is 3.31. The highest BCUT2D eigenvalue weighted by molar-refractivity contribution is 5.71. The van der Waals surface area contributed by atoms with Crippen molar-refractivity contribution in [2.24, 2.45) is 0 Å². The molecule has 1 saturated heterocycles. The van der Waals surface area contributed by atoms with Gasteiger partial charge in [0.15, 0.2) is 0 Å². The van der Waals surface area contributed by atoms with Crippen molar-refractivity contribution in [2.45, 2.75) is 25.2 Å². The SMILES string of the molecule is CC1(CO)COC(=O)N1Cc1cccc(C(F)(F)F)c1. The van der Waals surface area contributed by atoms with Gasteiger partial charge in [0.25, 0.3) is 0 Å². The Kier molecular flexibility index (Phi) is 3.64. The number of ether oxygens (including phenoxy) is 1. The predicted octanol–water partition coefficient (Wildman–Crippen LogP) is 2.41. The third kappa shape index (κ3) is 2.72. The number of carbonyl (C=O) groups is 1. The van der Waals surface area contributed by atoms with Crippen LogP contribution in [-0.2, 0) is 17.5 Å². The molecule has 110 valence electrons. The molecular weight excluding hydrogens is 275 g/mol. The topological polar surface area (TPSA) is 49.8 Å². The molecule has 0 bridgehead atoms. The first-order chi connectivity index (χ1) is 9.26. The van der Waals surface area contributed by atoms with Crippen molar-refractivity contribution in [2.75, 3.05) is 13.2 Å². The zero-order valence-corrected chi connectivity index (χ0v) is 10.8. The lowest BCUT2D eigenvalue weighted by atomic mass is 10.0. The molecule has 1 aromatic rings. The van der Waals surface area contributed by atoms with Gasteiger partial charge in [0.2, 0.25) is 0 Å². The average Bonchev–Trinajstić information content (AvgIpc) is 2.67. The smallest absolute Gasteiger partial charge is 0.416 e. The molecule has 1 N–H and O–H groups in total. The molecule has 7 heteroatoms. The first-order valence-corrected chi connectivity index (χ1v) is 5.98. The van der Waals surface area contributed by atoms with Gasteiger partial charge in [-0.2, -0.15) is 13.2 Å². The number of alkyl halides is 3. The number of aliphatic hydroxyl groups excluding tert-OH is 1. The Labute approximate surface area is 113 Å². The number of rotatable bonds is 3. The normalized spacial score (nSPS) is 23.1. The zero-order valence-electron chi connectivity index (χ0n) is 10.8. The van der Waals surface area contributed by atoms with E-state index >= 15 is 0 Å². The minimum absolute atomic E-state index is 0.0152. The number of hydrogen-bond acceptors (Lipinski definition) is 3. The molecule has 1 unspecified atom stereocenters. The minimum atomic E-state index is -4.43. The van der Waals surface area contributed by atoms with E-state index in [1.807, 2.05) is 0 Å². The summed E-state index contributed by atoms with van der Waals surface area (Å²) in [7, 11) is 0. The molecule has 1 fully saturated rings. The Morgan fingerprint density at radius 3 is 2.75 bits per heavy atom. The van der Waals surface area contributed by atoms with E-state index < -0.39 is 23.4 Å². The van der Waals surface area contributed by atoms with Crippen LogP contribution in [0.25, 0.3) is 0 Å². The van der Waals surface area contributed by atoms with Gasteiger partial charge in [-0.1, -0.05) is 12.1 Å². The number of aliphatic hydroxyl groups is 1. The predicted molar refractivity (Wildman–Crippen MR) is 63.8 cm³/mol. The van der Waals surface area contributed by atoms with Crippen molar-refractivity contribution in [3.05, 3.63) is 35.4 Å². The van der Waals surface area contributed by atoms with Crippen LogP contribution in [0.1, 0.15) is 18.1 Å². The summed E-state index contributed by atoms with van der Waals surface area (Å²) in [6, 6.07) is 4.74. The van der Waals surface area contributed by atoms with E-state index in [9.17, 15) is 23.1 Å². The van der Waals surface area contributed by atoms with Crippen LogP contribution in [-0.4, -0.2) is 34.9 Å². The van der Waals surface area contributed by atoms with E-state index in [1.165, 1.54) is 17.0 Å². The molecule has 1 aromatic carbocycles. The molecule has 1 atom stereocenters. The summed E-state index contributed by atoms with van der Waals surface area (Å²) in [6.07, 6.45) is -5.07. The van der Waals surface area contributed by atoms with Gasteiger partial charge < -0.3 is 9.84 Å². The van der Waals surface area contributed by atoms with Gasteiger partial charge in [-0.25, -0.2) is 4.79 Å². The minimum Gasteiger partial charge on any atom is -0.447 e. The summed E-state index contributed by atoms with van der Waals surface area (Å²) < 4.78 is 42.7. The highest BCUT2D eigenvalue weighted by atomic mass is 19.4. The Balaban J connectivity index is 2.24. The van der Waals surface area contributed by atoms with Crippen LogP contribution in [0.15, 0.2) is 24.3 Å². The summed E-state index contributed by atoms with van der Waals surface area (Å²) in [5.74, 6) is 0. The maximum Gasteiger partial charge on any atom is 0.416 e. The fourth-order valence-electron chi connectivity index (χ4n) is 2.01. The lowest BCUT2D eigenvalue weighted by Gasteiger charge is -2.30. The van der Waals surface area contributed by atoms with Gasteiger partial charge in [-0.05, 0) is 24.6 Å². The van der Waals surface area contributed by atoms with Gasteiger partial charge in [-0.15, -0.1) is 0 Å². The third-order valence-corrected chi connectivity index (χ3v) is 3.31. The number of cyclic esters (lactones) is 1. The van der Waals surface area contributed by atoms with E-state index in [0.29, 0.717) is 5.56 Å². The van der Waals surface area contributed by atoms with Crippen molar-refractivity contribution in [3.8, 4) is 0 Å². The standard InChI is InChI=1S/C13H14F3NO3/c1-12(7-18)8-20-11(19)17(12)6-9-3-2-4-10(5-9)13(14,15)16/h2-5,18H,6-8H2,1H3. The monoisotopic (exact) mass is 289 g/mol. The second-order valence-electron chi connectivity index (χ2n) is 4.99. The molecule has 1 aliphatic rings. The first kappa shape index (κ1) is 14.6. The van der Waals surface area contributed by atoms with Crippen molar-refractivity contribution < 1.29 is 27.8 Å². The molecule has 0 spiro atoms. The van der Waals surface area contributed by atoms with Gasteiger partial charge in [0.1, 0.15) is 12.1 Å². The molecule has 0 aliphatic carbocycles. The van der Waals surface area contributed by atoms with E-state index in [2.05, 4.69) is 0 Å². The quantitative estimate of drug-likeness (QED) is 0.929. The summed E-state index contributed by atoms with van der Waals surface area (Å²) >= 11 is 0. The van der Waals surface area contributed by atoms with Gasteiger partial charge in [-0.3, -0.25) is 4.90 Å². The second-order valence-corrected chi connectivity index (χ2v) is 4.99. The fraction of sp³-hybridized carbons (Fsp3) is 0.462. The van der Waals surface area contributed by atoms with E-state index in [-0.39, 0.29) is 19.8 Å². The number of amides is 1. The molecular formula is C13H14F3NO3. The van der Waals surface area contributed by atoms with Crippen molar-refractivity contribution in [1.82, 2.24) is 4.90 Å². The molecule has 1 amide bonds. The first-order valence-electron chi connectivity index (χ1n) is 5.98. The lowest BCUT2D eigenvalue weighted by molar-refractivity contribution is -0.137. The summed E-state index contributed by atoms with van der Waals surface area (Å²) in [6.45, 7) is 1.27. The molecule has 0 saturated carbocycles. The molecule has 4 nitrogen and oxygen atoms in total. The number of carbonyl (C=O) groups excluding carboxylic acids is 1. The second kappa shape index (κ2) is 4.97. The van der Waals surface area contributed by atoms with Gasteiger partial charge in [0, 0.05) is 6.54 Å². The van der Waals surface area contributed by atoms with E-state index in [4.69, 9.17) is 4.74 Å². The maximum absolute atomic E-state index is 12.6. The molecule has 2 rings (SSSR count). The van der Waals surface area contributed by atoms with Gasteiger partial charge in [0.05, 0.1) is 12.2 Å². The molecule has 20 heavy (non-hydrogen) atoms. The Bertz CT molecular complexity index is 518. The lowest BCUT2D eigenvalue weighted by Crippen LogP contribution is -2.47. The number of nitrogens with zero attached hydrogens (tertiary/aromatic N) is 1. The van der Waals surface area contributed by atoms with Crippen molar-refractivity contribution in [3.63, 3.8) is 0 Å². The molecule has 0 aromatic heterocycles. The maximum atomic E-state index is 12.6. The van der Waals surface area contributed by atoms with Crippen LogP contribution >= 0.6 is 0 Å². The Morgan fingerprint density at radius 1 is 1.45 bits per heavy atom. The fourth-order valence-corrected chi connectivity index (χ4v) is 2.01. The van der Waals surface area contributed by atoms with Gasteiger partial charge >= 0.3 is 12.3 Å². The molecule has 1 aliphatic heterocycles. The van der Waals surface area contributed by atoms with Crippen LogP contribution in [0.5, 0.6) is 0 Å². The van der Waals surface area contributed by atoms with Crippen LogP contribution in [0.4, 0.5) is 18.0 Å². The van der Waals surface area contributed by atoms with Crippen LogP contribution in [0.2, 0.25) is 0 Å². The van der Waals surface area contributed by atoms with Crippen molar-refractivity contribution >= 4 is 6.09 Å². The Morgan fingerprint density at radius 2 is 2.15 bits per heavy atom. The largest absolute Gasteiger partial charge is 0.447 e. The number of hydrogen-bond donors (Lipinski definition) is 1. The zero-order chi connectivity index (χ0) is 15.0. The van der Waals surface area contributed by atoms with Crippen LogP contribution in [0.3, 0.4) is 0 Å². The summed E-state index contributed by atoms with van der Waals surface area (Å²) in [4.78, 5) is 12.8. The number of benzene rings is 1. The summed E-state index contributed by atoms with van der Waals surface area (Å²) in [5, 5.41) is 9.32. The number of halogens is 3. The highest BCUT2D eigenvalue weighted by Crippen LogP contribution is 2.31. The van der Waals surface area contributed by atoms with Crippen molar-refractivity contribution in [1.29, 1.82) is 0 Å². The average molecular weight is 289 g/mol. The van der Waals surface area contributed by atoms with E-state index in [1.54, 1.807) is 6.92 Å².